The van der Waals surface area contributed by atoms with Gasteiger partial charge in [-0.15, -0.1) is 16.8 Å². The van der Waals surface area contributed by atoms with Gasteiger partial charge in [0.05, 0.1) is 30.0 Å². The highest BCUT2D eigenvalue weighted by Gasteiger charge is 2.16. The van der Waals surface area contributed by atoms with Crippen molar-refractivity contribution >= 4 is 35.1 Å². The second-order valence-electron chi connectivity index (χ2n) is 6.40. The molecule has 0 unspecified atom stereocenters. The second kappa shape index (κ2) is 10.8. The molecule has 0 aliphatic carbocycles. The summed E-state index contributed by atoms with van der Waals surface area (Å²) in [5.41, 5.74) is 0.981. The Morgan fingerprint density at radius 3 is 2.61 bits per heavy atom. The molecular weight excluding hydrogens is 436 g/mol. The highest BCUT2D eigenvalue weighted by molar-refractivity contribution is 7.99. The lowest BCUT2D eigenvalue weighted by Gasteiger charge is -2.09. The van der Waals surface area contributed by atoms with Gasteiger partial charge in [0.15, 0.2) is 16.8 Å². The number of amides is 1. The van der Waals surface area contributed by atoms with Gasteiger partial charge in [-0.25, -0.2) is 0 Å². The highest BCUT2D eigenvalue weighted by atomic mass is 35.5. The van der Waals surface area contributed by atoms with E-state index in [2.05, 4.69) is 22.1 Å². The molecule has 1 amide bonds. The zero-order valence-corrected chi connectivity index (χ0v) is 18.4. The lowest BCUT2D eigenvalue weighted by atomic mass is 10.1. The maximum atomic E-state index is 12.5. The number of hydrogen-bond donors (Lipinski definition) is 1. The normalized spacial score (nSPS) is 10.5. The Bertz CT molecular complexity index is 1080. The SMILES string of the molecule is C=CCn1c(CNC(=O)c2ccccc2Cl)nnc1SCC(=O)c1ccc(OC)cc1. The molecule has 0 radical (unpaired) electrons. The van der Waals surface area contributed by atoms with Crippen molar-refractivity contribution in [2.24, 2.45) is 0 Å². The molecule has 0 spiro atoms. The van der Waals surface area contributed by atoms with Crippen LogP contribution in [-0.4, -0.2) is 39.3 Å². The van der Waals surface area contributed by atoms with Gasteiger partial charge in [0, 0.05) is 12.1 Å². The number of methoxy groups -OCH3 is 1. The second-order valence-corrected chi connectivity index (χ2v) is 7.75. The average Bonchev–Trinajstić information content (AvgIpc) is 3.18. The molecule has 0 bridgehead atoms. The van der Waals surface area contributed by atoms with Crippen LogP contribution in [0.25, 0.3) is 0 Å². The van der Waals surface area contributed by atoms with Crippen LogP contribution in [0.15, 0.2) is 66.3 Å². The largest absolute Gasteiger partial charge is 0.497 e. The molecule has 1 heterocycles. The van der Waals surface area contributed by atoms with Crippen LogP contribution in [0.3, 0.4) is 0 Å². The van der Waals surface area contributed by atoms with Crippen LogP contribution >= 0.6 is 23.4 Å². The summed E-state index contributed by atoms with van der Waals surface area (Å²) in [7, 11) is 1.58. The van der Waals surface area contributed by atoms with Crippen molar-refractivity contribution in [2.45, 2.75) is 18.2 Å². The third kappa shape index (κ3) is 5.74. The van der Waals surface area contributed by atoms with Gasteiger partial charge < -0.3 is 14.6 Å². The highest BCUT2D eigenvalue weighted by Crippen LogP contribution is 2.20. The predicted molar refractivity (Wildman–Crippen MR) is 121 cm³/mol. The standard InChI is InChI=1S/C22H21ClN4O3S/c1-3-12-27-20(13-24-21(29)17-6-4-5-7-18(17)23)25-26-22(27)31-14-19(28)15-8-10-16(30-2)11-9-15/h3-11H,1,12-14H2,2H3,(H,24,29). The van der Waals surface area contributed by atoms with Gasteiger partial charge in [0.1, 0.15) is 5.75 Å². The molecular formula is C22H21ClN4O3S. The van der Waals surface area contributed by atoms with Crippen molar-refractivity contribution in [2.75, 3.05) is 12.9 Å². The quantitative estimate of drug-likeness (QED) is 0.281. The third-order valence-corrected chi connectivity index (χ3v) is 5.67. The van der Waals surface area contributed by atoms with Gasteiger partial charge in [0.2, 0.25) is 0 Å². The number of Topliss-reactive ketones (excluding diaryl/α,β-unsaturated/α-hetero) is 1. The molecule has 2 aromatic carbocycles. The minimum atomic E-state index is -0.303. The minimum absolute atomic E-state index is 0.0330. The number of nitrogens with zero attached hydrogens (tertiary/aromatic N) is 3. The monoisotopic (exact) mass is 456 g/mol. The Labute approximate surface area is 189 Å². The zero-order valence-electron chi connectivity index (χ0n) is 16.9. The van der Waals surface area contributed by atoms with Crippen LogP contribution < -0.4 is 10.1 Å². The molecule has 0 fully saturated rings. The van der Waals surface area contributed by atoms with Crippen LogP contribution in [0.5, 0.6) is 5.75 Å². The van der Waals surface area contributed by atoms with Crippen molar-refractivity contribution in [1.29, 1.82) is 0 Å². The minimum Gasteiger partial charge on any atom is -0.497 e. The number of carbonyl (C=O) groups excluding carboxylic acids is 2. The summed E-state index contributed by atoms with van der Waals surface area (Å²) in [4.78, 5) is 24.9. The Hall–Kier alpha value is -3.10. The number of aromatic nitrogens is 3. The Morgan fingerprint density at radius 1 is 1.19 bits per heavy atom. The first-order valence-corrected chi connectivity index (χ1v) is 10.8. The van der Waals surface area contributed by atoms with Crippen molar-refractivity contribution in [1.82, 2.24) is 20.1 Å². The average molecular weight is 457 g/mol. The molecule has 0 aliphatic rings. The summed E-state index contributed by atoms with van der Waals surface area (Å²) in [6.45, 7) is 4.37. The molecule has 7 nitrogen and oxygen atoms in total. The van der Waals surface area contributed by atoms with Crippen LogP contribution in [0.1, 0.15) is 26.5 Å². The van der Waals surface area contributed by atoms with E-state index >= 15 is 0 Å². The summed E-state index contributed by atoms with van der Waals surface area (Å²) < 4.78 is 6.92. The van der Waals surface area contributed by atoms with Crippen LogP contribution in [0.2, 0.25) is 5.02 Å². The van der Waals surface area contributed by atoms with Gasteiger partial charge in [-0.3, -0.25) is 9.59 Å². The van der Waals surface area contributed by atoms with Crippen LogP contribution in [-0.2, 0) is 13.1 Å². The van der Waals surface area contributed by atoms with Crippen molar-refractivity contribution in [3.63, 3.8) is 0 Å². The number of carbonyl (C=O) groups is 2. The zero-order chi connectivity index (χ0) is 22.2. The number of halogens is 1. The molecule has 0 saturated carbocycles. The van der Waals surface area contributed by atoms with E-state index in [0.29, 0.717) is 39.4 Å². The number of nitrogens with one attached hydrogen (secondary N) is 1. The maximum Gasteiger partial charge on any atom is 0.253 e. The van der Waals surface area contributed by atoms with E-state index in [9.17, 15) is 9.59 Å². The number of ketones is 1. The first-order chi connectivity index (χ1) is 15.0. The summed E-state index contributed by atoms with van der Waals surface area (Å²) in [5.74, 6) is 1.11. The number of thioether (sulfide) groups is 1. The van der Waals surface area contributed by atoms with E-state index in [1.807, 2.05) is 4.57 Å². The number of rotatable bonds is 10. The van der Waals surface area contributed by atoms with E-state index in [-0.39, 0.29) is 24.0 Å². The summed E-state index contributed by atoms with van der Waals surface area (Å²) >= 11 is 7.36. The lowest BCUT2D eigenvalue weighted by molar-refractivity contribution is 0.0948. The van der Waals surface area contributed by atoms with Crippen molar-refractivity contribution in [3.8, 4) is 5.75 Å². The number of hydrogen-bond acceptors (Lipinski definition) is 6. The van der Waals surface area contributed by atoms with Crippen molar-refractivity contribution in [3.05, 3.63) is 83.2 Å². The van der Waals surface area contributed by atoms with Crippen LogP contribution in [0.4, 0.5) is 0 Å². The van der Waals surface area contributed by atoms with Gasteiger partial charge >= 0.3 is 0 Å². The third-order valence-electron chi connectivity index (χ3n) is 4.38. The molecule has 1 aromatic heterocycles. The number of ether oxygens (including phenoxy) is 1. The Kier molecular flexibility index (Phi) is 7.86. The van der Waals surface area contributed by atoms with E-state index in [4.69, 9.17) is 16.3 Å². The van der Waals surface area contributed by atoms with Crippen LogP contribution in [0, 0.1) is 0 Å². The topological polar surface area (TPSA) is 86.1 Å². The summed E-state index contributed by atoms with van der Waals surface area (Å²) in [6.07, 6.45) is 1.71. The van der Waals surface area contributed by atoms with Gasteiger partial charge in [-0.05, 0) is 36.4 Å². The molecule has 0 saturated heterocycles. The Balaban J connectivity index is 1.65. The van der Waals surface area contributed by atoms with Crippen molar-refractivity contribution < 1.29 is 14.3 Å². The Morgan fingerprint density at radius 2 is 1.94 bits per heavy atom. The number of benzene rings is 2. The molecule has 0 atom stereocenters. The molecule has 3 rings (SSSR count). The number of allylic oxidation sites excluding steroid dienone is 1. The van der Waals surface area contributed by atoms with Gasteiger partial charge in [0.25, 0.3) is 5.91 Å². The molecule has 3 aromatic rings. The van der Waals surface area contributed by atoms with E-state index in [0.717, 1.165) is 0 Å². The van der Waals surface area contributed by atoms with E-state index in [1.54, 1.807) is 61.7 Å². The molecule has 9 heteroatoms. The fourth-order valence-corrected chi connectivity index (χ4v) is 3.84. The molecule has 1 N–H and O–H groups in total. The van der Waals surface area contributed by atoms with E-state index < -0.39 is 0 Å². The summed E-state index contributed by atoms with van der Waals surface area (Å²) in [6, 6.07) is 13.8. The lowest BCUT2D eigenvalue weighted by Crippen LogP contribution is -2.25. The smallest absolute Gasteiger partial charge is 0.253 e. The fourth-order valence-electron chi connectivity index (χ4n) is 2.76. The maximum absolute atomic E-state index is 12.5. The van der Waals surface area contributed by atoms with E-state index in [1.165, 1.54) is 11.8 Å². The predicted octanol–water partition coefficient (Wildman–Crippen LogP) is 4.03. The first-order valence-electron chi connectivity index (χ1n) is 9.39. The fraction of sp³-hybridized carbons (Fsp3) is 0.182. The summed E-state index contributed by atoms with van der Waals surface area (Å²) in [5, 5.41) is 12.1. The molecule has 0 aliphatic heterocycles. The van der Waals surface area contributed by atoms with Gasteiger partial charge in [-0.1, -0.05) is 41.6 Å². The van der Waals surface area contributed by atoms with Gasteiger partial charge in [-0.2, -0.15) is 0 Å². The first kappa shape index (κ1) is 22.6. The molecule has 31 heavy (non-hydrogen) atoms. The molecule has 160 valence electrons.